The highest BCUT2D eigenvalue weighted by Crippen LogP contribution is 2.23. The van der Waals surface area contributed by atoms with E-state index in [9.17, 15) is 4.79 Å². The molecule has 1 aliphatic rings. The Bertz CT molecular complexity index is 301. The quantitative estimate of drug-likeness (QED) is 0.681. The Morgan fingerprint density at radius 1 is 1.44 bits per heavy atom. The third-order valence-electron chi connectivity index (χ3n) is 2.43. The van der Waals surface area contributed by atoms with Gasteiger partial charge < -0.3 is 9.64 Å². The van der Waals surface area contributed by atoms with Crippen LogP contribution in [0.4, 0.5) is 4.79 Å². The van der Waals surface area contributed by atoms with Crippen LogP contribution in [0.5, 0.6) is 0 Å². The van der Waals surface area contributed by atoms with Crippen molar-refractivity contribution in [2.24, 2.45) is 0 Å². The molecule has 1 aliphatic heterocycles. The molecule has 0 radical (unpaired) electrons. The van der Waals surface area contributed by atoms with Crippen molar-refractivity contribution in [2.75, 3.05) is 13.1 Å². The van der Waals surface area contributed by atoms with E-state index in [0.29, 0.717) is 6.54 Å². The van der Waals surface area contributed by atoms with Crippen LogP contribution in [-0.4, -0.2) is 29.7 Å². The first kappa shape index (κ1) is 13.6. The number of halogens is 1. The first-order valence-corrected chi connectivity index (χ1v) is 6.41. The smallest absolute Gasteiger partial charge is 0.410 e. The number of piperidine rings is 1. The molecule has 0 aliphatic carbocycles. The van der Waals surface area contributed by atoms with Crippen LogP contribution in [0.3, 0.4) is 0 Å². The lowest BCUT2D eigenvalue weighted by Crippen LogP contribution is -2.40. The molecule has 0 aromatic carbocycles. The van der Waals surface area contributed by atoms with Crippen molar-refractivity contribution in [1.82, 2.24) is 4.90 Å². The maximum absolute atomic E-state index is 11.8. The average molecular weight is 290 g/mol. The summed E-state index contributed by atoms with van der Waals surface area (Å²) in [5, 5.41) is 0. The van der Waals surface area contributed by atoms with Gasteiger partial charge in [-0.3, -0.25) is 0 Å². The summed E-state index contributed by atoms with van der Waals surface area (Å²) >= 11 is 3.47. The number of likely N-dealkylation sites (tertiary alicyclic amines) is 1. The number of nitrogens with zero attached hydrogens (tertiary/aromatic N) is 1. The van der Waals surface area contributed by atoms with Crippen molar-refractivity contribution in [3.05, 3.63) is 10.1 Å². The van der Waals surface area contributed by atoms with Gasteiger partial charge in [-0.25, -0.2) is 4.79 Å². The monoisotopic (exact) mass is 289 g/mol. The van der Waals surface area contributed by atoms with Gasteiger partial charge in [0.25, 0.3) is 0 Å². The Labute approximate surface area is 106 Å². The van der Waals surface area contributed by atoms with E-state index in [1.165, 1.54) is 5.57 Å². The maximum Gasteiger partial charge on any atom is 0.410 e. The number of amides is 1. The van der Waals surface area contributed by atoms with Gasteiger partial charge in [0.05, 0.1) is 0 Å². The molecule has 92 valence electrons. The number of carbonyl (C=O) groups excluding carboxylic acids is 1. The number of carbonyl (C=O) groups is 1. The molecule has 1 saturated heterocycles. The van der Waals surface area contributed by atoms with E-state index in [2.05, 4.69) is 15.9 Å². The van der Waals surface area contributed by atoms with Crippen LogP contribution in [0.1, 0.15) is 40.5 Å². The molecule has 1 rings (SSSR count). The fraction of sp³-hybridized carbons (Fsp3) is 0.750. The second-order valence-electron chi connectivity index (χ2n) is 5.14. The lowest BCUT2D eigenvalue weighted by Gasteiger charge is -2.31. The van der Waals surface area contributed by atoms with Gasteiger partial charge in [0.1, 0.15) is 5.60 Å². The molecule has 0 spiro atoms. The minimum Gasteiger partial charge on any atom is -0.444 e. The van der Waals surface area contributed by atoms with E-state index in [1.54, 1.807) is 4.90 Å². The van der Waals surface area contributed by atoms with Gasteiger partial charge in [-0.1, -0.05) is 15.9 Å². The van der Waals surface area contributed by atoms with Gasteiger partial charge in [0, 0.05) is 13.1 Å². The summed E-state index contributed by atoms with van der Waals surface area (Å²) in [6.45, 7) is 9.17. The Balaban J connectivity index is 2.61. The largest absolute Gasteiger partial charge is 0.444 e. The van der Waals surface area contributed by atoms with Gasteiger partial charge in [-0.2, -0.15) is 0 Å². The standard InChI is InChI=1S/C12H20BrNO2/c1-9(13)10-6-5-7-14(8-10)11(15)16-12(2,3)4/h5-8H2,1-4H3. The van der Waals surface area contributed by atoms with Crippen LogP contribution >= 0.6 is 15.9 Å². The van der Waals surface area contributed by atoms with Gasteiger partial charge in [-0.15, -0.1) is 0 Å². The first-order chi connectivity index (χ1) is 7.29. The fourth-order valence-corrected chi connectivity index (χ4v) is 1.96. The third kappa shape index (κ3) is 4.16. The number of hydrogen-bond donors (Lipinski definition) is 0. The van der Waals surface area contributed by atoms with Crippen molar-refractivity contribution in [2.45, 2.75) is 46.1 Å². The number of hydrogen-bond acceptors (Lipinski definition) is 2. The zero-order valence-electron chi connectivity index (χ0n) is 10.5. The van der Waals surface area contributed by atoms with Crippen LogP contribution in [-0.2, 0) is 4.74 Å². The summed E-state index contributed by atoms with van der Waals surface area (Å²) in [6.07, 6.45) is 1.87. The van der Waals surface area contributed by atoms with E-state index in [-0.39, 0.29) is 6.09 Å². The predicted octanol–water partition coefficient (Wildman–Crippen LogP) is 3.69. The number of allylic oxidation sites excluding steroid dienone is 1. The second kappa shape index (κ2) is 5.21. The molecule has 4 heteroatoms. The molecule has 0 unspecified atom stereocenters. The molecule has 1 heterocycles. The summed E-state index contributed by atoms with van der Waals surface area (Å²) < 4.78 is 6.49. The molecule has 16 heavy (non-hydrogen) atoms. The lowest BCUT2D eigenvalue weighted by atomic mass is 10.1. The molecular formula is C12H20BrNO2. The highest BCUT2D eigenvalue weighted by Gasteiger charge is 2.25. The van der Waals surface area contributed by atoms with Crippen LogP contribution in [0.25, 0.3) is 0 Å². The van der Waals surface area contributed by atoms with Crippen molar-refractivity contribution >= 4 is 22.0 Å². The van der Waals surface area contributed by atoms with Crippen molar-refractivity contribution in [1.29, 1.82) is 0 Å². The zero-order chi connectivity index (χ0) is 12.3. The summed E-state index contributed by atoms with van der Waals surface area (Å²) in [7, 11) is 0. The zero-order valence-corrected chi connectivity index (χ0v) is 12.1. The predicted molar refractivity (Wildman–Crippen MR) is 68.7 cm³/mol. The van der Waals surface area contributed by atoms with Crippen LogP contribution < -0.4 is 0 Å². The minimum absolute atomic E-state index is 0.210. The molecule has 3 nitrogen and oxygen atoms in total. The van der Waals surface area contributed by atoms with E-state index >= 15 is 0 Å². The SMILES string of the molecule is CC(Br)=C1CCCN(C(=O)OC(C)(C)C)C1. The van der Waals surface area contributed by atoms with E-state index in [1.807, 2.05) is 27.7 Å². The third-order valence-corrected chi connectivity index (χ3v) is 2.99. The molecule has 0 N–H and O–H groups in total. The summed E-state index contributed by atoms with van der Waals surface area (Å²) in [6, 6.07) is 0. The molecule has 1 amide bonds. The van der Waals surface area contributed by atoms with Gasteiger partial charge >= 0.3 is 6.09 Å². The van der Waals surface area contributed by atoms with Crippen molar-refractivity contribution < 1.29 is 9.53 Å². The highest BCUT2D eigenvalue weighted by atomic mass is 79.9. The van der Waals surface area contributed by atoms with Crippen molar-refractivity contribution in [3.63, 3.8) is 0 Å². The minimum atomic E-state index is -0.415. The maximum atomic E-state index is 11.8. The van der Waals surface area contributed by atoms with E-state index < -0.39 is 5.60 Å². The Kier molecular flexibility index (Phi) is 4.42. The Hall–Kier alpha value is -0.510. The molecule has 1 fully saturated rings. The normalized spacial score (nSPS) is 20.7. The summed E-state index contributed by atoms with van der Waals surface area (Å²) in [4.78, 5) is 13.6. The van der Waals surface area contributed by atoms with Crippen LogP contribution in [0, 0.1) is 0 Å². The molecular weight excluding hydrogens is 270 g/mol. The van der Waals surface area contributed by atoms with Crippen molar-refractivity contribution in [3.8, 4) is 0 Å². The molecule has 0 aromatic rings. The summed E-state index contributed by atoms with van der Waals surface area (Å²) in [5.74, 6) is 0. The lowest BCUT2D eigenvalue weighted by molar-refractivity contribution is 0.0246. The average Bonchev–Trinajstić information content (AvgIpc) is 2.15. The van der Waals surface area contributed by atoms with Gasteiger partial charge in [0.15, 0.2) is 0 Å². The number of ether oxygens (including phenoxy) is 1. The topological polar surface area (TPSA) is 29.5 Å². The van der Waals surface area contributed by atoms with E-state index in [4.69, 9.17) is 4.74 Å². The fourth-order valence-electron chi connectivity index (χ4n) is 1.64. The Morgan fingerprint density at radius 2 is 2.06 bits per heavy atom. The number of rotatable bonds is 0. The second-order valence-corrected chi connectivity index (χ2v) is 6.33. The first-order valence-electron chi connectivity index (χ1n) is 5.61. The molecule has 0 atom stereocenters. The van der Waals surface area contributed by atoms with Gasteiger partial charge in [0.2, 0.25) is 0 Å². The Morgan fingerprint density at radius 3 is 2.56 bits per heavy atom. The molecule has 0 aromatic heterocycles. The van der Waals surface area contributed by atoms with Crippen LogP contribution in [0.2, 0.25) is 0 Å². The highest BCUT2D eigenvalue weighted by molar-refractivity contribution is 9.11. The summed E-state index contributed by atoms with van der Waals surface area (Å²) in [5.41, 5.74) is 0.874. The van der Waals surface area contributed by atoms with Crippen LogP contribution in [0.15, 0.2) is 10.1 Å². The van der Waals surface area contributed by atoms with E-state index in [0.717, 1.165) is 23.9 Å². The van der Waals surface area contributed by atoms with Gasteiger partial charge in [-0.05, 0) is 50.6 Å². The molecule has 0 saturated carbocycles. The molecule has 0 bridgehead atoms.